The molecule has 1 saturated carbocycles. The van der Waals surface area contributed by atoms with Gasteiger partial charge in [0, 0.05) is 22.7 Å². The van der Waals surface area contributed by atoms with Crippen molar-refractivity contribution in [3.8, 4) is 11.4 Å². The number of aliphatic hydroxyl groups excluding tert-OH is 1. The fourth-order valence-electron chi connectivity index (χ4n) is 2.57. The van der Waals surface area contributed by atoms with E-state index in [0.717, 1.165) is 23.5 Å². The summed E-state index contributed by atoms with van der Waals surface area (Å²) in [7, 11) is 0. The summed E-state index contributed by atoms with van der Waals surface area (Å²) < 4.78 is 0. The van der Waals surface area contributed by atoms with Gasteiger partial charge in [-0.05, 0) is 25.5 Å². The molecule has 0 saturated heterocycles. The molecule has 2 unspecified atom stereocenters. The van der Waals surface area contributed by atoms with Gasteiger partial charge in [-0.1, -0.05) is 26.0 Å². The van der Waals surface area contributed by atoms with Crippen LogP contribution < -0.4 is 5.32 Å². The Balaban J connectivity index is 1.79. The van der Waals surface area contributed by atoms with Crippen LogP contribution in [-0.2, 0) is 0 Å². The van der Waals surface area contributed by atoms with Crippen LogP contribution in [0.2, 0.25) is 0 Å². The number of aryl methyl sites for hydroxylation is 1. The van der Waals surface area contributed by atoms with Gasteiger partial charge in [-0.2, -0.15) is 5.10 Å². The number of aromatic nitrogens is 3. The van der Waals surface area contributed by atoms with Gasteiger partial charge < -0.3 is 10.4 Å². The van der Waals surface area contributed by atoms with Gasteiger partial charge in [0.15, 0.2) is 5.82 Å². The van der Waals surface area contributed by atoms with E-state index in [1.54, 1.807) is 0 Å². The van der Waals surface area contributed by atoms with Crippen LogP contribution >= 0.6 is 0 Å². The third-order valence-corrected chi connectivity index (χ3v) is 4.27. The van der Waals surface area contributed by atoms with Gasteiger partial charge in [0.1, 0.15) is 5.82 Å². The Bertz CT molecular complexity index is 620. The first kappa shape index (κ1) is 13.1. The quantitative estimate of drug-likeness (QED) is 0.802. The Morgan fingerprint density at radius 1 is 1.40 bits per heavy atom. The number of nitrogens with one attached hydrogen (secondary N) is 2. The zero-order valence-corrected chi connectivity index (χ0v) is 12.0. The van der Waals surface area contributed by atoms with Gasteiger partial charge in [0.2, 0.25) is 0 Å². The molecular formula is C15H20N4O. The molecule has 3 N–H and O–H groups in total. The molecule has 0 spiro atoms. The second-order valence-electron chi connectivity index (χ2n) is 6.10. The number of hydrogen-bond donors (Lipinski definition) is 3. The van der Waals surface area contributed by atoms with Gasteiger partial charge in [0.25, 0.3) is 0 Å². The summed E-state index contributed by atoms with van der Waals surface area (Å²) in [6.45, 7) is 6.06. The summed E-state index contributed by atoms with van der Waals surface area (Å²) in [6.07, 6.45) is 0.565. The highest BCUT2D eigenvalue weighted by Gasteiger charge is 2.47. The molecule has 0 radical (unpaired) electrons. The normalized spacial score (nSPS) is 24.2. The van der Waals surface area contributed by atoms with Crippen molar-refractivity contribution in [2.75, 3.05) is 5.32 Å². The topological polar surface area (TPSA) is 73.8 Å². The van der Waals surface area contributed by atoms with E-state index in [2.05, 4.69) is 34.3 Å². The van der Waals surface area contributed by atoms with Crippen molar-refractivity contribution in [1.82, 2.24) is 15.2 Å². The third kappa shape index (κ3) is 2.18. The average Bonchev–Trinajstić information content (AvgIpc) is 2.86. The third-order valence-electron chi connectivity index (χ3n) is 4.27. The van der Waals surface area contributed by atoms with Crippen molar-refractivity contribution in [2.45, 2.75) is 39.3 Å². The molecule has 106 valence electrons. The van der Waals surface area contributed by atoms with Crippen LogP contribution in [0, 0.1) is 12.3 Å². The van der Waals surface area contributed by atoms with Gasteiger partial charge >= 0.3 is 0 Å². The molecule has 20 heavy (non-hydrogen) atoms. The molecule has 1 aromatic heterocycles. The first-order valence-electron chi connectivity index (χ1n) is 6.91. The maximum atomic E-state index is 9.80. The Morgan fingerprint density at radius 2 is 2.20 bits per heavy atom. The summed E-state index contributed by atoms with van der Waals surface area (Å²) in [4.78, 5) is 4.34. The van der Waals surface area contributed by atoms with E-state index in [0.29, 0.717) is 11.9 Å². The Kier molecular flexibility index (Phi) is 3.01. The highest BCUT2D eigenvalue weighted by molar-refractivity contribution is 5.62. The zero-order chi connectivity index (χ0) is 14.3. The molecule has 1 aliphatic rings. The molecule has 1 aromatic carbocycles. The number of benzene rings is 1. The first-order chi connectivity index (χ1) is 9.46. The van der Waals surface area contributed by atoms with E-state index in [1.165, 1.54) is 0 Å². The molecule has 0 aliphatic heterocycles. The fourth-order valence-corrected chi connectivity index (χ4v) is 2.57. The Morgan fingerprint density at radius 3 is 2.80 bits per heavy atom. The number of aromatic amines is 1. The number of hydrogen-bond acceptors (Lipinski definition) is 4. The van der Waals surface area contributed by atoms with Gasteiger partial charge in [-0.3, -0.25) is 5.10 Å². The molecule has 1 fully saturated rings. The number of nitrogens with zero attached hydrogens (tertiary/aromatic N) is 2. The molecule has 0 amide bonds. The molecule has 3 rings (SSSR count). The lowest BCUT2D eigenvalue weighted by Gasteiger charge is -2.49. The summed E-state index contributed by atoms with van der Waals surface area (Å²) in [5.74, 6) is 1.51. The van der Waals surface area contributed by atoms with Crippen molar-refractivity contribution in [2.24, 2.45) is 5.41 Å². The second-order valence-corrected chi connectivity index (χ2v) is 6.10. The molecule has 0 bridgehead atoms. The SMILES string of the molecule is Cc1nc(-c2cccc(NC3CC(O)C3(C)C)c2)n[nH]1. The van der Waals surface area contributed by atoms with Crippen molar-refractivity contribution < 1.29 is 5.11 Å². The first-order valence-corrected chi connectivity index (χ1v) is 6.91. The van der Waals surface area contributed by atoms with Gasteiger partial charge in [-0.25, -0.2) is 4.98 Å². The second kappa shape index (κ2) is 4.59. The van der Waals surface area contributed by atoms with E-state index >= 15 is 0 Å². The largest absolute Gasteiger partial charge is 0.392 e. The maximum Gasteiger partial charge on any atom is 0.181 e. The number of H-pyrrole nitrogens is 1. The highest BCUT2D eigenvalue weighted by Crippen LogP contribution is 2.42. The monoisotopic (exact) mass is 272 g/mol. The summed E-state index contributed by atoms with van der Waals surface area (Å²) in [5.41, 5.74) is 1.93. The van der Waals surface area contributed by atoms with Gasteiger partial charge in [0.05, 0.1) is 6.10 Å². The predicted molar refractivity (Wildman–Crippen MR) is 78.4 cm³/mol. The van der Waals surface area contributed by atoms with Crippen LogP contribution in [-0.4, -0.2) is 32.4 Å². The van der Waals surface area contributed by atoms with Crippen molar-refractivity contribution in [3.63, 3.8) is 0 Å². The fraction of sp³-hybridized carbons (Fsp3) is 0.467. The molecule has 5 heteroatoms. The highest BCUT2D eigenvalue weighted by atomic mass is 16.3. The van der Waals surface area contributed by atoms with Crippen LogP contribution in [0.5, 0.6) is 0 Å². The summed E-state index contributed by atoms with van der Waals surface area (Å²) >= 11 is 0. The summed E-state index contributed by atoms with van der Waals surface area (Å²) in [5, 5.41) is 20.3. The van der Waals surface area contributed by atoms with Crippen LogP contribution in [0.15, 0.2) is 24.3 Å². The average molecular weight is 272 g/mol. The molecule has 2 aromatic rings. The van der Waals surface area contributed by atoms with E-state index < -0.39 is 0 Å². The maximum absolute atomic E-state index is 9.80. The van der Waals surface area contributed by atoms with E-state index in [9.17, 15) is 5.11 Å². The molecule has 2 atom stereocenters. The number of anilines is 1. The van der Waals surface area contributed by atoms with Crippen LogP contribution in [0.4, 0.5) is 5.69 Å². The minimum Gasteiger partial charge on any atom is -0.392 e. The molecule has 1 aliphatic carbocycles. The molecular weight excluding hydrogens is 252 g/mol. The van der Waals surface area contributed by atoms with E-state index in [4.69, 9.17) is 0 Å². The lowest BCUT2D eigenvalue weighted by molar-refractivity contribution is -0.0510. The molecule has 5 nitrogen and oxygen atoms in total. The lowest BCUT2D eigenvalue weighted by Crippen LogP contribution is -2.56. The standard InChI is InChI=1S/C15H20N4O/c1-9-16-14(19-18-9)10-5-4-6-11(7-10)17-12-8-13(20)15(12,2)3/h4-7,12-13,17,20H,8H2,1-3H3,(H,16,18,19). The number of aliphatic hydroxyl groups is 1. The van der Waals surface area contributed by atoms with Crippen LogP contribution in [0.3, 0.4) is 0 Å². The lowest BCUT2D eigenvalue weighted by atomic mass is 9.64. The van der Waals surface area contributed by atoms with Crippen molar-refractivity contribution in [1.29, 1.82) is 0 Å². The van der Waals surface area contributed by atoms with E-state index in [1.807, 2.05) is 31.2 Å². The predicted octanol–water partition coefficient (Wildman–Crippen LogP) is 2.35. The van der Waals surface area contributed by atoms with Gasteiger partial charge in [-0.15, -0.1) is 0 Å². The Hall–Kier alpha value is -1.88. The number of rotatable bonds is 3. The minimum atomic E-state index is -0.223. The molecule has 1 heterocycles. The van der Waals surface area contributed by atoms with Crippen LogP contribution in [0.1, 0.15) is 26.1 Å². The summed E-state index contributed by atoms with van der Waals surface area (Å²) in [6, 6.07) is 8.36. The van der Waals surface area contributed by atoms with Crippen LogP contribution in [0.25, 0.3) is 11.4 Å². The smallest absolute Gasteiger partial charge is 0.181 e. The zero-order valence-electron chi connectivity index (χ0n) is 12.0. The van der Waals surface area contributed by atoms with E-state index in [-0.39, 0.29) is 11.5 Å². The van der Waals surface area contributed by atoms with Crippen molar-refractivity contribution >= 4 is 5.69 Å². The minimum absolute atomic E-state index is 0.0861. The Labute approximate surface area is 118 Å². The van der Waals surface area contributed by atoms with Crippen molar-refractivity contribution in [3.05, 3.63) is 30.1 Å².